The average molecular weight is 391 g/mol. The Balaban J connectivity index is 1.56. The van der Waals surface area contributed by atoms with Crippen LogP contribution in [-0.4, -0.2) is 39.3 Å². The smallest absolute Gasteiger partial charge is 0.272 e. The number of amides is 1. The fraction of sp³-hybridized carbons (Fsp3) is 0.143. The van der Waals surface area contributed by atoms with Gasteiger partial charge >= 0.3 is 0 Å². The van der Waals surface area contributed by atoms with Gasteiger partial charge in [0.1, 0.15) is 12.3 Å². The van der Waals surface area contributed by atoms with E-state index in [2.05, 4.69) is 27.7 Å². The van der Waals surface area contributed by atoms with Gasteiger partial charge < -0.3 is 14.7 Å². The standard InChI is InChI=1S/C21H17N3O3S/c25-18-10-13(16-12-28-19-4-2-1-3-15(16)19)9-14-11-24(7-8-27-20(14)18)21(26)17-5-6-22-23-17/h1-6,9-10,12,25H,7-8,11H2,(H,22,23). The number of thiophene rings is 1. The second-order valence-electron chi connectivity index (χ2n) is 6.67. The molecule has 0 saturated heterocycles. The number of hydrogen-bond acceptors (Lipinski definition) is 5. The maximum Gasteiger partial charge on any atom is 0.272 e. The predicted octanol–water partition coefficient (Wildman–Crippen LogP) is 4.03. The van der Waals surface area contributed by atoms with Gasteiger partial charge in [0, 0.05) is 34.0 Å². The van der Waals surface area contributed by atoms with E-state index >= 15 is 0 Å². The zero-order valence-electron chi connectivity index (χ0n) is 14.9. The number of hydrogen-bond donors (Lipinski definition) is 2. The van der Waals surface area contributed by atoms with Crippen LogP contribution >= 0.6 is 11.3 Å². The van der Waals surface area contributed by atoms with Gasteiger partial charge in [-0.05, 0) is 35.2 Å². The van der Waals surface area contributed by atoms with E-state index in [0.717, 1.165) is 22.1 Å². The van der Waals surface area contributed by atoms with Crippen LogP contribution in [0.25, 0.3) is 21.2 Å². The Morgan fingerprint density at radius 1 is 1.25 bits per heavy atom. The van der Waals surface area contributed by atoms with Crippen LogP contribution in [0.3, 0.4) is 0 Å². The van der Waals surface area contributed by atoms with E-state index in [0.29, 0.717) is 31.1 Å². The summed E-state index contributed by atoms with van der Waals surface area (Å²) in [6.45, 7) is 1.11. The summed E-state index contributed by atoms with van der Waals surface area (Å²) < 4.78 is 6.96. The van der Waals surface area contributed by atoms with Crippen molar-refractivity contribution in [1.82, 2.24) is 15.1 Å². The lowest BCUT2D eigenvalue weighted by atomic mass is 10.0. The molecule has 0 radical (unpaired) electrons. The van der Waals surface area contributed by atoms with Crippen LogP contribution in [0.1, 0.15) is 16.1 Å². The van der Waals surface area contributed by atoms with Crippen LogP contribution in [-0.2, 0) is 6.54 Å². The summed E-state index contributed by atoms with van der Waals surface area (Å²) in [5.74, 6) is 0.404. The molecule has 28 heavy (non-hydrogen) atoms. The monoisotopic (exact) mass is 391 g/mol. The van der Waals surface area contributed by atoms with E-state index in [1.165, 1.54) is 4.70 Å². The van der Waals surface area contributed by atoms with Crippen molar-refractivity contribution < 1.29 is 14.6 Å². The molecule has 2 N–H and O–H groups in total. The van der Waals surface area contributed by atoms with Crippen molar-refractivity contribution in [2.45, 2.75) is 6.54 Å². The molecule has 140 valence electrons. The van der Waals surface area contributed by atoms with E-state index in [1.807, 2.05) is 18.2 Å². The van der Waals surface area contributed by atoms with Gasteiger partial charge in [-0.15, -0.1) is 11.3 Å². The molecule has 5 rings (SSSR count). The van der Waals surface area contributed by atoms with Crippen molar-refractivity contribution in [3.8, 4) is 22.6 Å². The third-order valence-corrected chi connectivity index (χ3v) is 5.89. The number of phenolic OH excluding ortho intramolecular Hbond substituents is 1. The van der Waals surface area contributed by atoms with Crippen LogP contribution in [0.4, 0.5) is 0 Å². The normalized spacial score (nSPS) is 13.8. The Morgan fingerprint density at radius 3 is 3.00 bits per heavy atom. The number of carbonyl (C=O) groups is 1. The van der Waals surface area contributed by atoms with E-state index in [1.54, 1.807) is 34.6 Å². The van der Waals surface area contributed by atoms with Gasteiger partial charge in [0.25, 0.3) is 5.91 Å². The third-order valence-electron chi connectivity index (χ3n) is 4.93. The van der Waals surface area contributed by atoms with Gasteiger partial charge in [-0.3, -0.25) is 9.89 Å². The highest BCUT2D eigenvalue weighted by atomic mass is 32.1. The largest absolute Gasteiger partial charge is 0.504 e. The van der Waals surface area contributed by atoms with Crippen LogP contribution in [0.15, 0.2) is 54.0 Å². The molecule has 1 aliphatic heterocycles. The molecule has 2 aromatic carbocycles. The Kier molecular flexibility index (Phi) is 4.02. The minimum Gasteiger partial charge on any atom is -0.504 e. The fourth-order valence-electron chi connectivity index (χ4n) is 3.57. The highest BCUT2D eigenvalue weighted by Crippen LogP contribution is 2.41. The number of benzene rings is 2. The molecule has 1 amide bonds. The van der Waals surface area contributed by atoms with Crippen molar-refractivity contribution in [3.63, 3.8) is 0 Å². The second kappa shape index (κ2) is 6.69. The van der Waals surface area contributed by atoms with Gasteiger partial charge in [-0.2, -0.15) is 5.10 Å². The first-order valence-electron chi connectivity index (χ1n) is 8.94. The lowest BCUT2D eigenvalue weighted by Crippen LogP contribution is -2.32. The van der Waals surface area contributed by atoms with Gasteiger partial charge in [-0.1, -0.05) is 18.2 Å². The summed E-state index contributed by atoms with van der Waals surface area (Å²) in [5, 5.41) is 20.4. The minimum absolute atomic E-state index is 0.0959. The quantitative estimate of drug-likeness (QED) is 0.541. The average Bonchev–Trinajstić information content (AvgIpc) is 3.33. The van der Waals surface area contributed by atoms with E-state index in [-0.39, 0.29) is 11.7 Å². The molecule has 0 fully saturated rings. The number of nitrogens with one attached hydrogen (secondary N) is 1. The molecule has 3 heterocycles. The lowest BCUT2D eigenvalue weighted by Gasteiger charge is -2.19. The van der Waals surface area contributed by atoms with Crippen molar-refractivity contribution in [2.75, 3.05) is 13.2 Å². The summed E-state index contributed by atoms with van der Waals surface area (Å²) in [6.07, 6.45) is 1.56. The molecular formula is C21H17N3O3S. The van der Waals surface area contributed by atoms with Crippen molar-refractivity contribution >= 4 is 27.3 Å². The predicted molar refractivity (Wildman–Crippen MR) is 108 cm³/mol. The molecule has 4 aromatic rings. The SMILES string of the molecule is O=C(c1ccn[nH]1)N1CCOc2c(O)cc(-c3csc4ccccc34)cc2C1. The van der Waals surface area contributed by atoms with E-state index in [9.17, 15) is 9.90 Å². The number of fused-ring (bicyclic) bond motifs is 2. The molecule has 6 nitrogen and oxygen atoms in total. The second-order valence-corrected chi connectivity index (χ2v) is 7.59. The maximum atomic E-state index is 12.7. The van der Waals surface area contributed by atoms with E-state index < -0.39 is 0 Å². The van der Waals surface area contributed by atoms with Crippen molar-refractivity contribution in [1.29, 1.82) is 0 Å². The molecule has 0 atom stereocenters. The van der Waals surface area contributed by atoms with Crippen LogP contribution < -0.4 is 4.74 Å². The molecule has 0 spiro atoms. The van der Waals surface area contributed by atoms with Gasteiger partial charge in [0.2, 0.25) is 0 Å². The number of H-pyrrole nitrogens is 1. The molecular weight excluding hydrogens is 374 g/mol. The number of phenols is 1. The molecule has 7 heteroatoms. The topological polar surface area (TPSA) is 78.5 Å². The number of ether oxygens (including phenoxy) is 1. The molecule has 0 unspecified atom stereocenters. The van der Waals surface area contributed by atoms with Gasteiger partial charge in [-0.25, -0.2) is 0 Å². The summed E-state index contributed by atoms with van der Waals surface area (Å²) in [6, 6.07) is 13.6. The molecule has 1 aliphatic rings. The number of rotatable bonds is 2. The number of aromatic amines is 1. The summed E-state index contributed by atoms with van der Waals surface area (Å²) >= 11 is 1.67. The number of aromatic nitrogens is 2. The van der Waals surface area contributed by atoms with Crippen LogP contribution in [0.5, 0.6) is 11.5 Å². The summed E-state index contributed by atoms with van der Waals surface area (Å²) in [5.41, 5.74) is 3.20. The fourth-order valence-corrected chi connectivity index (χ4v) is 4.54. The van der Waals surface area contributed by atoms with Gasteiger partial charge in [0.05, 0.1) is 6.54 Å². The Bertz CT molecular complexity index is 1170. The first kappa shape index (κ1) is 16.8. The Labute approximate surface area is 165 Å². The molecule has 0 saturated carbocycles. The maximum absolute atomic E-state index is 12.7. The first-order valence-corrected chi connectivity index (χ1v) is 9.82. The van der Waals surface area contributed by atoms with Crippen LogP contribution in [0, 0.1) is 0 Å². The van der Waals surface area contributed by atoms with Crippen molar-refractivity contribution in [3.05, 3.63) is 65.3 Å². The third kappa shape index (κ3) is 2.80. The number of carbonyl (C=O) groups excluding carboxylic acids is 1. The molecule has 0 bridgehead atoms. The van der Waals surface area contributed by atoms with Crippen LogP contribution in [0.2, 0.25) is 0 Å². The highest BCUT2D eigenvalue weighted by Gasteiger charge is 2.24. The van der Waals surface area contributed by atoms with Crippen molar-refractivity contribution in [2.24, 2.45) is 0 Å². The highest BCUT2D eigenvalue weighted by molar-refractivity contribution is 7.17. The number of nitrogens with zero attached hydrogens (tertiary/aromatic N) is 2. The first-order chi connectivity index (χ1) is 13.7. The van der Waals surface area contributed by atoms with E-state index in [4.69, 9.17) is 4.74 Å². The minimum atomic E-state index is -0.139. The zero-order chi connectivity index (χ0) is 19.1. The lowest BCUT2D eigenvalue weighted by molar-refractivity contribution is 0.0727. The Morgan fingerprint density at radius 2 is 2.14 bits per heavy atom. The Hall–Kier alpha value is -3.32. The summed E-state index contributed by atoms with van der Waals surface area (Å²) in [7, 11) is 0. The molecule has 2 aromatic heterocycles. The van der Waals surface area contributed by atoms with Gasteiger partial charge in [0.15, 0.2) is 11.5 Å². The number of aromatic hydroxyl groups is 1. The summed E-state index contributed by atoms with van der Waals surface area (Å²) in [4.78, 5) is 14.4. The zero-order valence-corrected chi connectivity index (χ0v) is 15.7. The molecule has 0 aliphatic carbocycles.